The Morgan fingerprint density at radius 1 is 1.06 bits per heavy atom. The van der Waals surface area contributed by atoms with Crippen molar-refractivity contribution < 1.29 is 9.72 Å². The average molecular weight is 411 g/mol. The summed E-state index contributed by atoms with van der Waals surface area (Å²) in [4.78, 5) is 26.9. The molecule has 0 fully saturated rings. The van der Waals surface area contributed by atoms with Crippen molar-refractivity contribution in [1.82, 2.24) is 14.8 Å². The molecule has 4 rings (SSSR count). The van der Waals surface area contributed by atoms with Crippen LogP contribution in [0, 0.1) is 10.1 Å². The number of carbonyl (C=O) groups is 1. The van der Waals surface area contributed by atoms with Gasteiger partial charge in [0.25, 0.3) is 5.69 Å². The highest BCUT2D eigenvalue weighted by Gasteiger charge is 2.11. The molecule has 0 radical (unpaired) electrons. The van der Waals surface area contributed by atoms with Crippen molar-refractivity contribution in [2.75, 3.05) is 5.32 Å². The Kier molecular flexibility index (Phi) is 5.62. The number of carbonyl (C=O) groups excluding carboxylic acids is 1. The summed E-state index contributed by atoms with van der Waals surface area (Å²) < 4.78 is 1.74. The predicted molar refractivity (Wildman–Crippen MR) is 118 cm³/mol. The molecule has 8 nitrogen and oxygen atoms in total. The van der Waals surface area contributed by atoms with Crippen LogP contribution in [-0.2, 0) is 4.79 Å². The van der Waals surface area contributed by atoms with Gasteiger partial charge < -0.3 is 5.32 Å². The third-order valence-corrected chi connectivity index (χ3v) is 4.44. The van der Waals surface area contributed by atoms with Crippen LogP contribution in [0.1, 0.15) is 5.56 Å². The smallest absolute Gasteiger partial charge is 0.271 e. The van der Waals surface area contributed by atoms with E-state index in [0.717, 1.165) is 16.8 Å². The lowest BCUT2D eigenvalue weighted by atomic mass is 10.1. The van der Waals surface area contributed by atoms with Gasteiger partial charge in [0, 0.05) is 53.6 Å². The van der Waals surface area contributed by atoms with Gasteiger partial charge in [-0.15, -0.1) is 0 Å². The lowest BCUT2D eigenvalue weighted by Gasteiger charge is -2.01. The molecule has 4 aromatic rings. The molecule has 31 heavy (non-hydrogen) atoms. The number of hydrogen-bond donors (Lipinski definition) is 1. The first-order valence-electron chi connectivity index (χ1n) is 9.39. The largest absolute Gasteiger partial charge is 0.322 e. The lowest BCUT2D eigenvalue weighted by Crippen LogP contribution is -2.07. The van der Waals surface area contributed by atoms with Crippen molar-refractivity contribution in [2.24, 2.45) is 0 Å². The lowest BCUT2D eigenvalue weighted by molar-refractivity contribution is -0.384. The SMILES string of the molecule is O=C(/C=C/c1cn(-c2ccccc2)nc1-c1cccnc1)Nc1cccc([N+](=O)[O-])c1. The van der Waals surface area contributed by atoms with Gasteiger partial charge in [-0.25, -0.2) is 4.68 Å². The molecule has 0 unspecified atom stereocenters. The number of benzene rings is 2. The van der Waals surface area contributed by atoms with Crippen LogP contribution in [0.4, 0.5) is 11.4 Å². The number of non-ortho nitro benzene ring substituents is 1. The van der Waals surface area contributed by atoms with Crippen LogP contribution in [0.5, 0.6) is 0 Å². The minimum absolute atomic E-state index is 0.0928. The summed E-state index contributed by atoms with van der Waals surface area (Å²) in [5.74, 6) is -0.412. The highest BCUT2D eigenvalue weighted by molar-refractivity contribution is 6.02. The number of anilines is 1. The topological polar surface area (TPSA) is 103 Å². The number of nitro benzene ring substituents is 1. The first kappa shape index (κ1) is 19.7. The zero-order chi connectivity index (χ0) is 21.6. The normalized spacial score (nSPS) is 10.8. The van der Waals surface area contributed by atoms with Crippen LogP contribution >= 0.6 is 0 Å². The molecule has 0 aliphatic rings. The standard InChI is InChI=1S/C23H17N5O3/c29-22(25-19-7-4-10-21(14-19)28(30)31)12-11-18-16-27(20-8-2-1-3-9-20)26-23(18)17-6-5-13-24-15-17/h1-16H,(H,25,29)/b12-11+. The van der Waals surface area contributed by atoms with Crippen LogP contribution in [-0.4, -0.2) is 25.6 Å². The van der Waals surface area contributed by atoms with Crippen LogP contribution in [0.3, 0.4) is 0 Å². The van der Waals surface area contributed by atoms with Crippen molar-refractivity contribution in [3.63, 3.8) is 0 Å². The summed E-state index contributed by atoms with van der Waals surface area (Å²) >= 11 is 0. The minimum atomic E-state index is -0.510. The summed E-state index contributed by atoms with van der Waals surface area (Å²) in [7, 11) is 0. The van der Waals surface area contributed by atoms with Crippen LogP contribution in [0.25, 0.3) is 23.0 Å². The molecule has 2 aromatic heterocycles. The maximum Gasteiger partial charge on any atom is 0.271 e. The number of para-hydroxylation sites is 1. The van der Waals surface area contributed by atoms with E-state index < -0.39 is 10.8 Å². The van der Waals surface area contributed by atoms with Crippen molar-refractivity contribution in [3.05, 3.63) is 107 Å². The summed E-state index contributed by atoms with van der Waals surface area (Å²) in [6.07, 6.45) is 8.24. The second-order valence-electron chi connectivity index (χ2n) is 6.58. The highest BCUT2D eigenvalue weighted by Crippen LogP contribution is 2.24. The Balaban J connectivity index is 1.61. The fourth-order valence-corrected chi connectivity index (χ4v) is 3.00. The van der Waals surface area contributed by atoms with Gasteiger partial charge in [0.05, 0.1) is 10.6 Å². The fourth-order valence-electron chi connectivity index (χ4n) is 3.00. The molecule has 8 heteroatoms. The summed E-state index contributed by atoms with van der Waals surface area (Å²) in [5.41, 5.74) is 3.35. The first-order valence-corrected chi connectivity index (χ1v) is 9.39. The molecular formula is C23H17N5O3. The summed E-state index contributed by atoms with van der Waals surface area (Å²) in [5, 5.41) is 18.2. The number of nitrogens with one attached hydrogen (secondary N) is 1. The molecule has 0 saturated carbocycles. The minimum Gasteiger partial charge on any atom is -0.322 e. The predicted octanol–water partition coefficient (Wildman–Crippen LogP) is 4.49. The van der Waals surface area contributed by atoms with Gasteiger partial charge in [0.1, 0.15) is 5.69 Å². The average Bonchev–Trinajstić information content (AvgIpc) is 3.23. The molecular weight excluding hydrogens is 394 g/mol. The quantitative estimate of drug-likeness (QED) is 0.286. The van der Waals surface area contributed by atoms with Crippen LogP contribution < -0.4 is 5.32 Å². The van der Waals surface area contributed by atoms with Crippen molar-refractivity contribution in [2.45, 2.75) is 0 Å². The van der Waals surface area contributed by atoms with Crippen LogP contribution in [0.2, 0.25) is 0 Å². The van der Waals surface area contributed by atoms with E-state index in [9.17, 15) is 14.9 Å². The van der Waals surface area contributed by atoms with Crippen molar-refractivity contribution in [1.29, 1.82) is 0 Å². The second kappa shape index (κ2) is 8.83. The van der Waals surface area contributed by atoms with Gasteiger partial charge >= 0.3 is 0 Å². The maximum absolute atomic E-state index is 12.4. The van der Waals surface area contributed by atoms with E-state index in [1.54, 1.807) is 29.2 Å². The van der Waals surface area contributed by atoms with Gasteiger partial charge in [-0.05, 0) is 36.4 Å². The van der Waals surface area contributed by atoms with E-state index in [2.05, 4.69) is 15.4 Å². The van der Waals surface area contributed by atoms with E-state index in [-0.39, 0.29) is 5.69 Å². The van der Waals surface area contributed by atoms with Gasteiger partial charge in [-0.3, -0.25) is 19.9 Å². The monoisotopic (exact) mass is 411 g/mol. The molecule has 0 aliphatic heterocycles. The molecule has 0 spiro atoms. The summed E-state index contributed by atoms with van der Waals surface area (Å²) in [6, 6.07) is 19.1. The Morgan fingerprint density at radius 3 is 2.65 bits per heavy atom. The number of rotatable bonds is 6. The zero-order valence-electron chi connectivity index (χ0n) is 16.3. The number of amides is 1. The molecule has 0 bridgehead atoms. The molecule has 1 N–H and O–H groups in total. The highest BCUT2D eigenvalue weighted by atomic mass is 16.6. The van der Waals surface area contributed by atoms with Crippen molar-refractivity contribution >= 4 is 23.4 Å². The Hall–Kier alpha value is -4.59. The Labute approximate surface area is 177 Å². The van der Waals surface area contributed by atoms with E-state index in [1.165, 1.54) is 24.3 Å². The third-order valence-electron chi connectivity index (χ3n) is 4.44. The van der Waals surface area contributed by atoms with E-state index in [0.29, 0.717) is 11.4 Å². The van der Waals surface area contributed by atoms with Gasteiger partial charge in [0.2, 0.25) is 5.91 Å². The molecule has 0 atom stereocenters. The Bertz CT molecular complexity index is 1250. The van der Waals surface area contributed by atoms with E-state index in [4.69, 9.17) is 0 Å². The van der Waals surface area contributed by atoms with E-state index in [1.807, 2.05) is 48.7 Å². The number of nitro groups is 1. The first-order chi connectivity index (χ1) is 15.1. The number of nitrogens with zero attached hydrogens (tertiary/aromatic N) is 4. The molecule has 0 aliphatic carbocycles. The van der Waals surface area contributed by atoms with Gasteiger partial charge in [0.15, 0.2) is 0 Å². The number of aromatic nitrogens is 3. The molecule has 1 amide bonds. The molecule has 152 valence electrons. The number of hydrogen-bond acceptors (Lipinski definition) is 5. The van der Waals surface area contributed by atoms with Crippen LogP contribution in [0.15, 0.2) is 91.4 Å². The molecule has 0 saturated heterocycles. The Morgan fingerprint density at radius 2 is 1.90 bits per heavy atom. The molecule has 2 heterocycles. The second-order valence-corrected chi connectivity index (χ2v) is 6.58. The maximum atomic E-state index is 12.4. The zero-order valence-corrected chi connectivity index (χ0v) is 16.3. The molecule has 2 aromatic carbocycles. The fraction of sp³-hybridized carbons (Fsp3) is 0. The summed E-state index contributed by atoms with van der Waals surface area (Å²) in [6.45, 7) is 0. The van der Waals surface area contributed by atoms with Gasteiger partial charge in [-0.1, -0.05) is 24.3 Å². The van der Waals surface area contributed by atoms with E-state index >= 15 is 0 Å². The number of pyridine rings is 1. The third kappa shape index (κ3) is 4.70. The van der Waals surface area contributed by atoms with Gasteiger partial charge in [-0.2, -0.15) is 5.10 Å². The van der Waals surface area contributed by atoms with Crippen molar-refractivity contribution in [3.8, 4) is 16.9 Å².